The van der Waals surface area contributed by atoms with E-state index in [1.165, 1.54) is 12.3 Å². The van der Waals surface area contributed by atoms with Crippen LogP contribution in [-0.4, -0.2) is 25.7 Å². The van der Waals surface area contributed by atoms with Crippen LogP contribution in [0.1, 0.15) is 6.42 Å². The van der Waals surface area contributed by atoms with Gasteiger partial charge >= 0.3 is 10.1 Å². The summed E-state index contributed by atoms with van der Waals surface area (Å²) in [5, 5.41) is -0.271. The molecule has 2 atom stereocenters. The van der Waals surface area contributed by atoms with Crippen LogP contribution in [-0.2, 0) is 14.3 Å². The van der Waals surface area contributed by atoms with E-state index in [2.05, 4.69) is 21.8 Å². The molecule has 4 nitrogen and oxygen atoms in total. The quantitative estimate of drug-likeness (QED) is 0.645. The minimum Gasteiger partial charge on any atom is -0.259 e. The fraction of sp³-hybridized carbons (Fsp3) is 0.375. The van der Waals surface area contributed by atoms with Gasteiger partial charge in [0.1, 0.15) is 12.3 Å². The Kier molecular flexibility index (Phi) is 2.70. The van der Waals surface area contributed by atoms with Crippen LogP contribution < -0.4 is 0 Å². The second kappa shape index (κ2) is 3.73. The maximum atomic E-state index is 12.5. The van der Waals surface area contributed by atoms with Crippen molar-refractivity contribution in [2.24, 2.45) is 0 Å². The third-order valence-electron chi connectivity index (χ3n) is 1.90. The molecule has 2 rings (SSSR count). The molecule has 0 spiro atoms. The first-order chi connectivity index (χ1) is 7.00. The lowest BCUT2D eigenvalue weighted by Gasteiger charge is -2.04. The normalized spacial score (nSPS) is 25.2. The van der Waals surface area contributed by atoms with Gasteiger partial charge in [-0.25, -0.2) is 9.37 Å². The zero-order valence-corrected chi connectivity index (χ0v) is 9.21. The summed E-state index contributed by atoms with van der Waals surface area (Å²) in [6.45, 7) is 0. The van der Waals surface area contributed by atoms with Crippen molar-refractivity contribution in [1.82, 2.24) is 4.98 Å². The van der Waals surface area contributed by atoms with Gasteiger partial charge in [-0.3, -0.25) is 4.18 Å². The van der Waals surface area contributed by atoms with Crippen molar-refractivity contribution in [1.29, 1.82) is 0 Å². The lowest BCUT2D eigenvalue weighted by atomic mass is 10.5. The van der Waals surface area contributed by atoms with E-state index in [4.69, 9.17) is 0 Å². The Bertz CT molecular complexity index is 477. The smallest absolute Gasteiger partial charge is 0.259 e. The first-order valence-corrected chi connectivity index (χ1v) is 6.07. The molecule has 0 unspecified atom stereocenters. The highest BCUT2D eigenvalue weighted by Gasteiger charge is 2.43. The van der Waals surface area contributed by atoms with Crippen molar-refractivity contribution < 1.29 is 17.0 Å². The number of thiol groups is 1. The lowest BCUT2D eigenvalue weighted by molar-refractivity contribution is 0.263. The molecular weight excluding hydrogens is 241 g/mol. The Morgan fingerprint density at radius 3 is 2.80 bits per heavy atom. The van der Waals surface area contributed by atoms with Crippen molar-refractivity contribution in [3.63, 3.8) is 0 Å². The lowest BCUT2D eigenvalue weighted by Crippen LogP contribution is -2.11. The van der Waals surface area contributed by atoms with Gasteiger partial charge in [0, 0.05) is 17.5 Å². The van der Waals surface area contributed by atoms with Gasteiger partial charge in [-0.1, -0.05) is 0 Å². The maximum Gasteiger partial charge on any atom is 0.316 e. The van der Waals surface area contributed by atoms with Gasteiger partial charge in [0.05, 0.1) is 0 Å². The molecule has 82 valence electrons. The molecule has 7 heteroatoms. The van der Waals surface area contributed by atoms with Crippen molar-refractivity contribution in [2.75, 3.05) is 0 Å². The van der Waals surface area contributed by atoms with Crippen molar-refractivity contribution in [3.05, 3.63) is 18.3 Å². The summed E-state index contributed by atoms with van der Waals surface area (Å²) in [6.07, 6.45) is -0.611. The SMILES string of the molecule is O=S(=O)(O[C@@H]1C[C@H]1F)c1ncccc1S. The first kappa shape index (κ1) is 10.8. The molecular formula is C8H8FNO3S2. The summed E-state index contributed by atoms with van der Waals surface area (Å²) in [6, 6.07) is 3.03. The van der Waals surface area contributed by atoms with E-state index >= 15 is 0 Å². The first-order valence-electron chi connectivity index (χ1n) is 4.22. The zero-order valence-electron chi connectivity index (χ0n) is 7.50. The molecule has 0 bridgehead atoms. The number of nitrogens with zero attached hydrogens (tertiary/aromatic N) is 1. The van der Waals surface area contributed by atoms with Crippen molar-refractivity contribution >= 4 is 22.7 Å². The van der Waals surface area contributed by atoms with Gasteiger partial charge in [0.2, 0.25) is 0 Å². The van der Waals surface area contributed by atoms with Crippen LogP contribution >= 0.6 is 12.6 Å². The number of aromatic nitrogens is 1. The van der Waals surface area contributed by atoms with Crippen LogP contribution in [0.4, 0.5) is 4.39 Å². The van der Waals surface area contributed by atoms with Gasteiger partial charge in [-0.05, 0) is 12.1 Å². The number of halogens is 1. The van der Waals surface area contributed by atoms with Crippen LogP contribution in [0.2, 0.25) is 0 Å². The molecule has 1 saturated carbocycles. The molecule has 1 fully saturated rings. The molecule has 0 aromatic carbocycles. The Morgan fingerprint density at radius 1 is 1.60 bits per heavy atom. The van der Waals surface area contributed by atoms with E-state index in [-0.39, 0.29) is 16.3 Å². The van der Waals surface area contributed by atoms with Crippen LogP contribution in [0.15, 0.2) is 28.3 Å². The standard InChI is InChI=1S/C8H8FNO3S2/c9-5-4-6(5)13-15(11,12)8-7(14)2-1-3-10-8/h1-3,5-6,14H,4H2/t5-,6-/m1/s1. The average molecular weight is 249 g/mol. The highest BCUT2D eigenvalue weighted by atomic mass is 32.2. The van der Waals surface area contributed by atoms with E-state index in [0.717, 1.165) is 0 Å². The minimum absolute atomic E-state index is 0.119. The molecule has 1 aromatic rings. The predicted octanol–water partition coefficient (Wildman–Crippen LogP) is 1.19. The summed E-state index contributed by atoms with van der Waals surface area (Å²) < 4.78 is 40.2. The Balaban J connectivity index is 2.26. The van der Waals surface area contributed by atoms with E-state index in [0.29, 0.717) is 0 Å². The molecule has 0 saturated heterocycles. The second-order valence-corrected chi connectivity index (χ2v) is 5.14. The van der Waals surface area contributed by atoms with Crippen LogP contribution in [0.5, 0.6) is 0 Å². The Morgan fingerprint density at radius 2 is 2.27 bits per heavy atom. The molecule has 0 amide bonds. The third-order valence-corrected chi connectivity index (χ3v) is 3.71. The van der Waals surface area contributed by atoms with E-state index < -0.39 is 22.4 Å². The van der Waals surface area contributed by atoms with Crippen LogP contribution in [0, 0.1) is 0 Å². The summed E-state index contributed by atoms with van der Waals surface area (Å²) >= 11 is 3.94. The molecule has 0 N–H and O–H groups in total. The highest BCUT2D eigenvalue weighted by molar-refractivity contribution is 7.88. The maximum absolute atomic E-state index is 12.5. The molecule has 0 aliphatic heterocycles. The van der Waals surface area contributed by atoms with E-state index in [1.54, 1.807) is 6.07 Å². The van der Waals surface area contributed by atoms with Crippen LogP contribution in [0.3, 0.4) is 0 Å². The summed E-state index contributed by atoms with van der Waals surface area (Å²) in [5.41, 5.74) is 0. The van der Waals surface area contributed by atoms with Gasteiger partial charge in [-0.15, -0.1) is 12.6 Å². The number of alkyl halides is 1. The summed E-state index contributed by atoms with van der Waals surface area (Å²) in [7, 11) is -3.99. The predicted molar refractivity (Wildman–Crippen MR) is 53.1 cm³/mol. The third kappa shape index (κ3) is 2.30. The number of pyridine rings is 1. The molecule has 1 aromatic heterocycles. The van der Waals surface area contributed by atoms with Gasteiger partial charge in [-0.2, -0.15) is 8.42 Å². The highest BCUT2D eigenvalue weighted by Crippen LogP contribution is 2.32. The summed E-state index contributed by atoms with van der Waals surface area (Å²) in [5.74, 6) is 0. The minimum atomic E-state index is -3.99. The Labute approximate surface area is 92.0 Å². The number of hydrogen-bond donors (Lipinski definition) is 1. The van der Waals surface area contributed by atoms with E-state index in [1.807, 2.05) is 0 Å². The molecule has 1 aliphatic carbocycles. The fourth-order valence-electron chi connectivity index (χ4n) is 1.03. The molecule has 1 heterocycles. The van der Waals surface area contributed by atoms with Gasteiger partial charge < -0.3 is 0 Å². The van der Waals surface area contributed by atoms with Crippen molar-refractivity contribution in [2.45, 2.75) is 28.6 Å². The Hall–Kier alpha value is -0.660. The van der Waals surface area contributed by atoms with Crippen molar-refractivity contribution in [3.8, 4) is 0 Å². The van der Waals surface area contributed by atoms with Gasteiger partial charge in [0.15, 0.2) is 5.03 Å². The molecule has 15 heavy (non-hydrogen) atoms. The van der Waals surface area contributed by atoms with E-state index in [9.17, 15) is 12.8 Å². The number of hydrogen-bond acceptors (Lipinski definition) is 5. The fourth-order valence-corrected chi connectivity index (χ4v) is 2.64. The van der Waals surface area contributed by atoms with Gasteiger partial charge in [0.25, 0.3) is 0 Å². The van der Waals surface area contributed by atoms with Crippen LogP contribution in [0.25, 0.3) is 0 Å². The average Bonchev–Trinajstić information content (AvgIpc) is 2.81. The second-order valence-electron chi connectivity index (χ2n) is 3.17. The number of rotatable bonds is 3. The monoisotopic (exact) mass is 249 g/mol. The topological polar surface area (TPSA) is 56.3 Å². The molecule has 1 aliphatic rings. The largest absolute Gasteiger partial charge is 0.316 e. The zero-order chi connectivity index (χ0) is 11.1. The summed E-state index contributed by atoms with van der Waals surface area (Å²) in [4.78, 5) is 3.83. The molecule has 0 radical (unpaired) electrons.